The number of benzene rings is 3. The number of aliphatic hydroxyl groups excluding tert-OH is 4. The van der Waals surface area contributed by atoms with Gasteiger partial charge in [-0.1, -0.05) is 20.8 Å². The second-order valence-electron chi connectivity index (χ2n) is 15.8. The van der Waals surface area contributed by atoms with E-state index in [2.05, 4.69) is 49.3 Å². The Bertz CT molecular complexity index is 2540. The molecule has 5 heterocycles. The van der Waals surface area contributed by atoms with Gasteiger partial charge >= 0.3 is 0 Å². The van der Waals surface area contributed by atoms with E-state index in [4.69, 9.17) is 9.16 Å². The molecule has 3 aromatic heterocycles. The van der Waals surface area contributed by atoms with Crippen LogP contribution in [0.5, 0.6) is 11.5 Å². The summed E-state index contributed by atoms with van der Waals surface area (Å²) in [7, 11) is -2.12. The summed E-state index contributed by atoms with van der Waals surface area (Å²) in [6.07, 6.45) is -4.49. The largest absolute Gasteiger partial charge is 0.508 e. The van der Waals surface area contributed by atoms with Crippen LogP contribution in [0, 0.1) is 0 Å². The zero-order valence-electron chi connectivity index (χ0n) is 30.9. The zero-order valence-corrected chi connectivity index (χ0v) is 31.9. The third kappa shape index (κ3) is 5.71. The molecule has 16 heteroatoms. The summed E-state index contributed by atoms with van der Waals surface area (Å²) in [6, 6.07) is 10.8. The smallest absolute Gasteiger partial charge is 0.276 e. The van der Waals surface area contributed by atoms with Gasteiger partial charge in [-0.25, -0.2) is 10.4 Å². The lowest BCUT2D eigenvalue weighted by Gasteiger charge is -2.41. The number of aromatic amines is 1. The average molecular weight is 770 g/mol. The number of imide groups is 1. The van der Waals surface area contributed by atoms with Crippen LogP contribution < -0.4 is 5.43 Å². The number of H-pyrrole nitrogens is 1. The molecule has 2 aliphatic heterocycles. The first-order valence-corrected chi connectivity index (χ1v) is 20.9. The Hall–Kier alpha value is -4.91. The van der Waals surface area contributed by atoms with E-state index in [1.54, 1.807) is 30.6 Å². The number of amides is 2. The van der Waals surface area contributed by atoms with Crippen molar-refractivity contribution in [2.24, 2.45) is 0 Å². The number of phenols is 2. The van der Waals surface area contributed by atoms with Crippen molar-refractivity contribution in [3.05, 3.63) is 77.1 Å². The molecule has 5 atom stereocenters. The fraction of sp³-hybridized carbons (Fsp3) is 0.359. The summed E-state index contributed by atoms with van der Waals surface area (Å²) in [5.74, 6) is -1.50. The normalized spacial score (nSPS) is 22.2. The van der Waals surface area contributed by atoms with E-state index in [9.17, 15) is 40.2 Å². The SMILES string of the molecule is CC(C)(C)[Si](C)(C)OCc1cnccc1CNN1C(=O)c2c(c3c4ccc(O)cc4n([C@@H]4O[C@H](CO)[C@@H](O)[C@H](O)[C@H]4O)c3c3[nH]c4cc(O)ccc4c23)C1=O. The van der Waals surface area contributed by atoms with Gasteiger partial charge in [-0.05, 0) is 59.6 Å². The molecule has 0 radical (unpaired) electrons. The van der Waals surface area contributed by atoms with Gasteiger partial charge in [0.2, 0.25) is 0 Å². The van der Waals surface area contributed by atoms with Crippen LogP contribution in [0.15, 0.2) is 54.9 Å². The van der Waals surface area contributed by atoms with Crippen LogP contribution in [0.3, 0.4) is 0 Å². The summed E-state index contributed by atoms with van der Waals surface area (Å²) >= 11 is 0. The first kappa shape index (κ1) is 37.0. The quantitative estimate of drug-likeness (QED) is 0.0812. The number of hydrazine groups is 1. The highest BCUT2D eigenvalue weighted by atomic mass is 28.4. The molecule has 288 valence electrons. The molecule has 3 aromatic carbocycles. The Labute approximate surface area is 315 Å². The standard InChI is InChI=1S/C39H43N5O10Si/c1-39(2,3)55(4,5)53-17-19-14-40-11-10-18(19)15-41-44-36(51)29-27-22-8-6-20(46)12-24(22)42-31(27)32-28(30(29)37(44)52)23-9-7-21(47)13-25(23)43(32)38-35(50)34(49)33(48)26(16-45)54-38/h6-14,26,33-35,38,41-42,45-50H,15-17H2,1-5H3/t26-,33-,34+,35-,38-/m1/s1. The van der Waals surface area contributed by atoms with Crippen molar-refractivity contribution in [1.82, 2.24) is 25.0 Å². The second-order valence-corrected chi connectivity index (χ2v) is 20.7. The van der Waals surface area contributed by atoms with Crippen molar-refractivity contribution in [2.75, 3.05) is 6.61 Å². The van der Waals surface area contributed by atoms with Crippen molar-refractivity contribution in [3.8, 4) is 11.5 Å². The number of pyridine rings is 1. The summed E-state index contributed by atoms with van der Waals surface area (Å²) in [6.45, 7) is 10.5. The number of rotatable bonds is 8. The lowest BCUT2D eigenvalue weighted by molar-refractivity contribution is -0.249. The lowest BCUT2D eigenvalue weighted by Crippen LogP contribution is -2.56. The molecule has 0 aliphatic carbocycles. The Kier molecular flexibility index (Phi) is 8.82. The van der Waals surface area contributed by atoms with Gasteiger partial charge in [-0.15, -0.1) is 0 Å². The number of carbonyl (C=O) groups is 2. The molecular formula is C39H43N5O10Si. The molecule has 0 saturated carbocycles. The van der Waals surface area contributed by atoms with E-state index in [0.29, 0.717) is 39.2 Å². The molecule has 2 aliphatic rings. The van der Waals surface area contributed by atoms with Crippen LogP contribution in [-0.2, 0) is 22.3 Å². The summed E-state index contributed by atoms with van der Waals surface area (Å²) < 4.78 is 14.0. The Morgan fingerprint density at radius 1 is 0.909 bits per heavy atom. The molecule has 0 unspecified atom stereocenters. The fourth-order valence-electron chi connectivity index (χ4n) is 7.51. The molecule has 1 fully saturated rings. The summed E-state index contributed by atoms with van der Waals surface area (Å²) in [5, 5.41) is 66.6. The highest BCUT2D eigenvalue weighted by Gasteiger charge is 2.47. The molecule has 15 nitrogen and oxygen atoms in total. The molecule has 55 heavy (non-hydrogen) atoms. The monoisotopic (exact) mass is 769 g/mol. The number of hydrogen-bond donors (Lipinski definition) is 8. The zero-order chi connectivity index (χ0) is 39.3. The number of nitrogens with zero attached hydrogens (tertiary/aromatic N) is 3. The van der Waals surface area contributed by atoms with Crippen LogP contribution in [0.4, 0.5) is 0 Å². The number of nitrogens with one attached hydrogen (secondary N) is 2. The molecular weight excluding hydrogens is 727 g/mol. The minimum atomic E-state index is -2.12. The van der Waals surface area contributed by atoms with Gasteiger partial charge in [-0.3, -0.25) is 14.6 Å². The highest BCUT2D eigenvalue weighted by Crippen LogP contribution is 2.48. The minimum absolute atomic E-state index is 0.0176. The summed E-state index contributed by atoms with van der Waals surface area (Å²) in [4.78, 5) is 36.9. The van der Waals surface area contributed by atoms with E-state index < -0.39 is 57.4 Å². The van der Waals surface area contributed by atoms with Gasteiger partial charge in [0.25, 0.3) is 11.8 Å². The van der Waals surface area contributed by atoms with E-state index in [-0.39, 0.29) is 45.2 Å². The van der Waals surface area contributed by atoms with Gasteiger partial charge in [0.05, 0.1) is 46.4 Å². The number of aromatic hydroxyl groups is 2. The fourth-order valence-corrected chi connectivity index (χ4v) is 8.46. The minimum Gasteiger partial charge on any atom is -0.508 e. The van der Waals surface area contributed by atoms with E-state index in [1.807, 2.05) is 0 Å². The molecule has 1 saturated heterocycles. The van der Waals surface area contributed by atoms with E-state index in [0.717, 1.165) is 16.1 Å². The van der Waals surface area contributed by atoms with Gasteiger partial charge in [0.15, 0.2) is 14.5 Å². The van der Waals surface area contributed by atoms with Crippen molar-refractivity contribution >= 4 is 63.7 Å². The molecule has 6 aromatic rings. The van der Waals surface area contributed by atoms with Crippen LogP contribution in [0.1, 0.15) is 58.8 Å². The third-order valence-corrected chi connectivity index (χ3v) is 16.0. The molecule has 0 bridgehead atoms. The van der Waals surface area contributed by atoms with Crippen molar-refractivity contribution in [1.29, 1.82) is 0 Å². The van der Waals surface area contributed by atoms with E-state index in [1.165, 1.54) is 28.8 Å². The van der Waals surface area contributed by atoms with Gasteiger partial charge in [0.1, 0.15) is 35.9 Å². The number of aliphatic hydroxyl groups is 4. The average Bonchev–Trinajstić information content (AvgIpc) is 3.75. The third-order valence-electron chi connectivity index (χ3n) is 11.5. The van der Waals surface area contributed by atoms with Crippen LogP contribution >= 0.6 is 0 Å². The number of carbonyl (C=O) groups excluding carboxylic acids is 2. The van der Waals surface area contributed by atoms with Gasteiger partial charge in [0, 0.05) is 52.6 Å². The van der Waals surface area contributed by atoms with Crippen LogP contribution in [0.25, 0.3) is 43.6 Å². The van der Waals surface area contributed by atoms with Gasteiger partial charge < -0.3 is 49.4 Å². The second kappa shape index (κ2) is 13.1. The highest BCUT2D eigenvalue weighted by molar-refractivity contribution is 6.74. The van der Waals surface area contributed by atoms with Crippen molar-refractivity contribution < 1.29 is 49.4 Å². The number of hydrogen-bond acceptors (Lipinski definition) is 12. The number of phenolic OH excluding ortho intramolecular Hbond substituents is 2. The number of ether oxygens (including phenoxy) is 1. The Morgan fingerprint density at radius 3 is 2.27 bits per heavy atom. The topological polar surface area (TPSA) is 223 Å². The number of fused-ring (bicyclic) bond motifs is 10. The maximum Gasteiger partial charge on any atom is 0.276 e. The summed E-state index contributed by atoms with van der Waals surface area (Å²) in [5.41, 5.74) is 6.10. The first-order chi connectivity index (χ1) is 26.0. The Morgan fingerprint density at radius 2 is 1.58 bits per heavy atom. The first-order valence-electron chi connectivity index (χ1n) is 18.0. The van der Waals surface area contributed by atoms with E-state index >= 15 is 0 Å². The molecule has 0 spiro atoms. The van der Waals surface area contributed by atoms with Crippen LogP contribution in [0.2, 0.25) is 18.1 Å². The van der Waals surface area contributed by atoms with Crippen LogP contribution in [-0.4, -0.2) is 101 Å². The maximum atomic E-state index is 14.7. The molecule has 8 N–H and O–H groups in total. The molecule has 8 rings (SSSR count). The maximum absolute atomic E-state index is 14.7. The predicted molar refractivity (Wildman–Crippen MR) is 205 cm³/mol. The molecule has 2 amide bonds. The predicted octanol–water partition coefficient (Wildman–Crippen LogP) is 4.03. The van der Waals surface area contributed by atoms with Gasteiger partial charge in [-0.2, -0.15) is 0 Å². The lowest BCUT2D eigenvalue weighted by atomic mass is 9.96. The number of aromatic nitrogens is 3. The van der Waals surface area contributed by atoms with Crippen molar-refractivity contribution in [3.63, 3.8) is 0 Å². The van der Waals surface area contributed by atoms with Crippen molar-refractivity contribution in [2.45, 2.75) is 82.7 Å². The Balaban J connectivity index is 1.31.